The molecule has 1 aliphatic rings. The van der Waals surface area contributed by atoms with Crippen LogP contribution < -0.4 is 5.32 Å². The van der Waals surface area contributed by atoms with E-state index in [1.165, 1.54) is 0 Å². The Labute approximate surface area is 202 Å². The molecule has 2 aromatic carbocycles. The maximum Gasteiger partial charge on any atom is 0.252 e. The zero-order valence-corrected chi connectivity index (χ0v) is 21.2. The lowest BCUT2D eigenvalue weighted by Crippen LogP contribution is -2.60. The number of amides is 2. The van der Waals surface area contributed by atoms with Gasteiger partial charge in [0, 0.05) is 29.1 Å². The predicted molar refractivity (Wildman–Crippen MR) is 132 cm³/mol. The van der Waals surface area contributed by atoms with Crippen molar-refractivity contribution in [2.75, 3.05) is 13.1 Å². The number of nitrogens with zero attached hydrogens (tertiary/aromatic N) is 1. The lowest BCUT2D eigenvalue weighted by atomic mass is 9.66. The molecule has 0 bridgehead atoms. The third-order valence-corrected chi connectivity index (χ3v) is 7.26. The Hall–Kier alpha value is -2.37. The van der Waals surface area contributed by atoms with Gasteiger partial charge in [0.2, 0.25) is 5.91 Å². The van der Waals surface area contributed by atoms with Gasteiger partial charge < -0.3 is 15.3 Å². The van der Waals surface area contributed by atoms with Crippen LogP contribution in [0.1, 0.15) is 61.2 Å². The van der Waals surface area contributed by atoms with Gasteiger partial charge in [-0.2, -0.15) is 0 Å². The van der Waals surface area contributed by atoms with Crippen molar-refractivity contribution in [3.8, 4) is 0 Å². The normalized spacial score (nSPS) is 21.1. The first-order valence-electron chi connectivity index (χ1n) is 11.5. The molecule has 1 heterocycles. The van der Waals surface area contributed by atoms with E-state index in [0.717, 1.165) is 16.7 Å². The van der Waals surface area contributed by atoms with Crippen molar-refractivity contribution in [1.29, 1.82) is 0 Å². The van der Waals surface area contributed by atoms with Crippen LogP contribution in [0, 0.1) is 25.2 Å². The number of carbonyl (C=O) groups excluding carboxylic acids is 2. The lowest BCUT2D eigenvalue weighted by molar-refractivity contribution is -0.155. The van der Waals surface area contributed by atoms with Crippen LogP contribution in [0.2, 0.25) is 5.02 Å². The molecule has 6 heteroatoms. The van der Waals surface area contributed by atoms with E-state index in [2.05, 4.69) is 5.32 Å². The molecule has 1 fully saturated rings. The van der Waals surface area contributed by atoms with Crippen molar-refractivity contribution in [1.82, 2.24) is 10.2 Å². The molecule has 0 unspecified atom stereocenters. The molecule has 3 rings (SSSR count). The van der Waals surface area contributed by atoms with Crippen molar-refractivity contribution in [2.45, 2.75) is 59.6 Å². The minimum absolute atomic E-state index is 0.0778. The van der Waals surface area contributed by atoms with Crippen molar-refractivity contribution < 1.29 is 14.7 Å². The second-order valence-electron chi connectivity index (χ2n) is 10.2. The predicted octanol–water partition coefficient (Wildman–Crippen LogP) is 4.86. The largest absolute Gasteiger partial charge is 0.384 e. The summed E-state index contributed by atoms with van der Waals surface area (Å²) in [6.07, 6.45) is 0.406. The van der Waals surface area contributed by atoms with Gasteiger partial charge in [-0.05, 0) is 55.0 Å². The van der Waals surface area contributed by atoms with Crippen LogP contribution in [-0.4, -0.2) is 41.0 Å². The summed E-state index contributed by atoms with van der Waals surface area (Å²) in [5.41, 5.74) is 1.51. The van der Waals surface area contributed by atoms with Gasteiger partial charge in [-0.15, -0.1) is 0 Å². The van der Waals surface area contributed by atoms with Crippen molar-refractivity contribution in [3.63, 3.8) is 0 Å². The Morgan fingerprint density at radius 3 is 2.15 bits per heavy atom. The molecule has 0 aliphatic carbocycles. The smallest absolute Gasteiger partial charge is 0.252 e. The number of piperidine rings is 1. The molecule has 2 atom stereocenters. The molecule has 0 radical (unpaired) electrons. The summed E-state index contributed by atoms with van der Waals surface area (Å²) in [7, 11) is 0. The molecule has 2 aromatic rings. The lowest BCUT2D eigenvalue weighted by Gasteiger charge is -2.51. The fourth-order valence-corrected chi connectivity index (χ4v) is 4.99. The molecule has 0 aromatic heterocycles. The average Bonchev–Trinajstić information content (AvgIpc) is 2.73. The second kappa shape index (κ2) is 9.47. The summed E-state index contributed by atoms with van der Waals surface area (Å²) in [6, 6.07) is 12.3. The number of hydrogen-bond donors (Lipinski definition) is 2. The van der Waals surface area contributed by atoms with E-state index in [0.29, 0.717) is 30.1 Å². The first-order chi connectivity index (χ1) is 15.4. The van der Waals surface area contributed by atoms with Crippen LogP contribution >= 0.6 is 11.6 Å². The number of aliphatic hydroxyl groups is 1. The van der Waals surface area contributed by atoms with Crippen molar-refractivity contribution in [3.05, 3.63) is 69.7 Å². The summed E-state index contributed by atoms with van der Waals surface area (Å²) in [5.74, 6) is -0.423. The van der Waals surface area contributed by atoms with Gasteiger partial charge in [-0.3, -0.25) is 9.59 Å². The Balaban J connectivity index is 1.80. The summed E-state index contributed by atoms with van der Waals surface area (Å²) in [6.45, 7) is 12.4. The molecule has 1 saturated heterocycles. The first-order valence-corrected chi connectivity index (χ1v) is 11.9. The fraction of sp³-hybridized carbons (Fsp3) is 0.481. The number of hydrogen-bond acceptors (Lipinski definition) is 3. The topological polar surface area (TPSA) is 69.6 Å². The highest BCUT2D eigenvalue weighted by molar-refractivity contribution is 6.30. The highest BCUT2D eigenvalue weighted by Crippen LogP contribution is 2.46. The molecule has 0 saturated carbocycles. The first kappa shape index (κ1) is 25.3. The highest BCUT2D eigenvalue weighted by Gasteiger charge is 2.50. The van der Waals surface area contributed by atoms with Crippen molar-refractivity contribution in [2.24, 2.45) is 11.3 Å². The van der Waals surface area contributed by atoms with Crippen LogP contribution in [0.3, 0.4) is 0 Å². The molecule has 178 valence electrons. The van der Waals surface area contributed by atoms with E-state index in [1.54, 1.807) is 17.0 Å². The summed E-state index contributed by atoms with van der Waals surface area (Å²) in [4.78, 5) is 28.4. The van der Waals surface area contributed by atoms with Crippen LogP contribution in [0.15, 0.2) is 42.5 Å². The summed E-state index contributed by atoms with van der Waals surface area (Å²) < 4.78 is 0. The van der Waals surface area contributed by atoms with Gasteiger partial charge in [0.15, 0.2) is 0 Å². The quantitative estimate of drug-likeness (QED) is 0.655. The molecule has 0 spiro atoms. The molecule has 2 N–H and O–H groups in total. The van der Waals surface area contributed by atoms with E-state index in [-0.39, 0.29) is 17.7 Å². The second-order valence-corrected chi connectivity index (χ2v) is 10.7. The monoisotopic (exact) mass is 470 g/mol. The van der Waals surface area contributed by atoms with Gasteiger partial charge in [0.1, 0.15) is 6.04 Å². The maximum atomic E-state index is 13.6. The third kappa shape index (κ3) is 4.95. The number of aryl methyl sites for hydroxylation is 2. The zero-order valence-electron chi connectivity index (χ0n) is 20.4. The molecule has 33 heavy (non-hydrogen) atoms. The Morgan fingerprint density at radius 2 is 1.64 bits per heavy atom. The van der Waals surface area contributed by atoms with E-state index in [1.807, 2.05) is 71.9 Å². The van der Waals surface area contributed by atoms with Crippen LogP contribution in [-0.2, 0) is 10.4 Å². The summed E-state index contributed by atoms with van der Waals surface area (Å²) in [5, 5.41) is 15.2. The Bertz CT molecular complexity index is 1010. The highest BCUT2D eigenvalue weighted by atomic mass is 35.5. The van der Waals surface area contributed by atoms with Crippen LogP contribution in [0.4, 0.5) is 0 Å². The molecular formula is C27H35ClN2O3. The maximum absolute atomic E-state index is 13.6. The van der Waals surface area contributed by atoms with Gasteiger partial charge >= 0.3 is 0 Å². The van der Waals surface area contributed by atoms with Gasteiger partial charge in [0.25, 0.3) is 5.91 Å². The van der Waals surface area contributed by atoms with Gasteiger partial charge in [-0.25, -0.2) is 0 Å². The van der Waals surface area contributed by atoms with E-state index in [9.17, 15) is 14.7 Å². The van der Waals surface area contributed by atoms with Gasteiger partial charge in [-0.1, -0.05) is 69.6 Å². The standard InChI is InChI=1S/C27H35ClN2O3/c1-17(2)23(29-24(31)22-18(3)8-7-9-19(22)4)25(32)30-15-14-27(33,26(5,6)16-30)20-10-12-21(28)13-11-20/h7-13,17,23,33H,14-16H2,1-6H3,(H,29,31)/t23-,27+/m1/s1. The molecule has 1 aliphatic heterocycles. The number of rotatable bonds is 5. The third-order valence-electron chi connectivity index (χ3n) is 7.01. The number of nitrogens with one attached hydrogen (secondary N) is 1. The van der Waals surface area contributed by atoms with Crippen LogP contribution in [0.25, 0.3) is 0 Å². The van der Waals surface area contributed by atoms with E-state index < -0.39 is 17.1 Å². The molecular weight excluding hydrogens is 436 g/mol. The summed E-state index contributed by atoms with van der Waals surface area (Å²) >= 11 is 6.03. The van der Waals surface area contributed by atoms with Crippen molar-refractivity contribution >= 4 is 23.4 Å². The fourth-order valence-electron chi connectivity index (χ4n) is 4.87. The Morgan fingerprint density at radius 1 is 1.06 bits per heavy atom. The minimum atomic E-state index is -1.08. The SMILES string of the molecule is Cc1cccc(C)c1C(=O)N[C@@H](C(=O)N1CC[C@](O)(c2ccc(Cl)cc2)C(C)(C)C1)C(C)C. The zero-order chi connectivity index (χ0) is 24.6. The Kier molecular flexibility index (Phi) is 7.25. The van der Waals surface area contributed by atoms with Crippen LogP contribution in [0.5, 0.6) is 0 Å². The van der Waals surface area contributed by atoms with E-state index in [4.69, 9.17) is 11.6 Å². The van der Waals surface area contributed by atoms with Gasteiger partial charge in [0.05, 0.1) is 5.60 Å². The number of benzene rings is 2. The van der Waals surface area contributed by atoms with E-state index >= 15 is 0 Å². The minimum Gasteiger partial charge on any atom is -0.384 e. The number of likely N-dealkylation sites (tertiary alicyclic amines) is 1. The molecule has 2 amide bonds. The average molecular weight is 471 g/mol. The number of carbonyl (C=O) groups is 2. The number of halogens is 1. The molecule has 5 nitrogen and oxygen atoms in total.